The van der Waals surface area contributed by atoms with Gasteiger partial charge in [0.2, 0.25) is 5.78 Å². The molecule has 0 radical (unpaired) electrons. The summed E-state index contributed by atoms with van der Waals surface area (Å²) in [7, 11) is 0. The van der Waals surface area contributed by atoms with Crippen LogP contribution in [-0.2, 0) is 14.3 Å². The number of ether oxygens (including phenoxy) is 2. The highest BCUT2D eigenvalue weighted by molar-refractivity contribution is 5.97. The normalized spacial score (nSPS) is 32.2. The number of ketones is 1. The van der Waals surface area contributed by atoms with Gasteiger partial charge in [0.25, 0.3) is 0 Å². The van der Waals surface area contributed by atoms with Crippen molar-refractivity contribution in [3.8, 4) is 0 Å². The molecule has 0 aromatic rings. The summed E-state index contributed by atoms with van der Waals surface area (Å²) in [5.74, 6) is 0.560. The maximum atomic E-state index is 11.8. The smallest absolute Gasteiger partial charge is 0.225 e. The first-order valence-corrected chi connectivity index (χ1v) is 5.30. The van der Waals surface area contributed by atoms with E-state index < -0.39 is 0 Å². The first kappa shape index (κ1) is 9.71. The molecule has 0 aliphatic carbocycles. The Kier molecular flexibility index (Phi) is 2.87. The first-order chi connectivity index (χ1) is 6.77. The van der Waals surface area contributed by atoms with Crippen LogP contribution in [0.1, 0.15) is 32.6 Å². The molecule has 2 atom stereocenters. The van der Waals surface area contributed by atoms with Gasteiger partial charge in [-0.1, -0.05) is 0 Å². The van der Waals surface area contributed by atoms with Crippen molar-refractivity contribution in [3.63, 3.8) is 0 Å². The second-order valence-corrected chi connectivity index (χ2v) is 3.94. The Bertz CT molecular complexity index is 257. The Morgan fingerprint density at radius 1 is 1.50 bits per heavy atom. The van der Waals surface area contributed by atoms with Gasteiger partial charge in [0.1, 0.15) is 6.10 Å². The summed E-state index contributed by atoms with van der Waals surface area (Å²) in [4.78, 5) is 11.8. The van der Waals surface area contributed by atoms with Gasteiger partial charge in [0.15, 0.2) is 5.76 Å². The average molecular weight is 196 g/mol. The van der Waals surface area contributed by atoms with Crippen LogP contribution in [-0.4, -0.2) is 24.6 Å². The van der Waals surface area contributed by atoms with E-state index in [1.54, 1.807) is 0 Å². The zero-order chi connectivity index (χ0) is 9.97. The fourth-order valence-electron chi connectivity index (χ4n) is 1.88. The minimum atomic E-state index is -0.255. The minimum absolute atomic E-state index is 0.0362. The Hall–Kier alpha value is -0.830. The lowest BCUT2D eigenvalue weighted by molar-refractivity contribution is -0.129. The molecule has 3 heteroatoms. The minimum Gasteiger partial charge on any atom is -0.490 e. The number of hydrogen-bond acceptors (Lipinski definition) is 3. The predicted octanol–water partition coefficient (Wildman–Crippen LogP) is 1.82. The van der Waals surface area contributed by atoms with Crippen LogP contribution in [0.4, 0.5) is 0 Å². The maximum Gasteiger partial charge on any atom is 0.225 e. The zero-order valence-electron chi connectivity index (χ0n) is 8.49. The van der Waals surface area contributed by atoms with Gasteiger partial charge in [0.05, 0.1) is 12.7 Å². The van der Waals surface area contributed by atoms with Crippen molar-refractivity contribution in [1.82, 2.24) is 0 Å². The Morgan fingerprint density at radius 2 is 2.36 bits per heavy atom. The topological polar surface area (TPSA) is 35.5 Å². The molecule has 2 heterocycles. The van der Waals surface area contributed by atoms with E-state index in [0.717, 1.165) is 25.7 Å². The summed E-state index contributed by atoms with van der Waals surface area (Å²) < 4.78 is 10.8. The molecular formula is C11H16O3. The first-order valence-electron chi connectivity index (χ1n) is 5.30. The van der Waals surface area contributed by atoms with Crippen molar-refractivity contribution in [2.45, 2.75) is 44.8 Å². The molecule has 0 bridgehead atoms. The van der Waals surface area contributed by atoms with Crippen molar-refractivity contribution in [2.24, 2.45) is 0 Å². The highest BCUT2D eigenvalue weighted by Gasteiger charge is 2.31. The van der Waals surface area contributed by atoms with Gasteiger partial charge in [-0.05, 0) is 38.7 Å². The van der Waals surface area contributed by atoms with Crippen LogP contribution in [0.3, 0.4) is 0 Å². The summed E-state index contributed by atoms with van der Waals surface area (Å²) >= 11 is 0. The molecule has 0 spiro atoms. The Morgan fingerprint density at radius 3 is 2.93 bits per heavy atom. The standard InChI is InChI=1S/C11H16O3/c1-8-5-6-10(14-8)11(12)9-4-2-3-7-13-9/h4,8,10H,2-3,5-7H2,1H3. The number of Topliss-reactive ketones (excluding diaryl/α,β-unsaturated/α-hetero) is 1. The van der Waals surface area contributed by atoms with Gasteiger partial charge < -0.3 is 9.47 Å². The van der Waals surface area contributed by atoms with Crippen molar-refractivity contribution in [3.05, 3.63) is 11.8 Å². The molecule has 0 amide bonds. The molecule has 3 nitrogen and oxygen atoms in total. The molecule has 2 rings (SSSR count). The van der Waals surface area contributed by atoms with Gasteiger partial charge in [-0.3, -0.25) is 4.79 Å². The molecule has 14 heavy (non-hydrogen) atoms. The van der Waals surface area contributed by atoms with Gasteiger partial charge >= 0.3 is 0 Å². The second kappa shape index (κ2) is 4.13. The van der Waals surface area contributed by atoms with Gasteiger partial charge in [-0.25, -0.2) is 0 Å². The SMILES string of the molecule is CC1CCC(C(=O)C2=CCCCO2)O1. The number of carbonyl (C=O) groups excluding carboxylic acids is 1. The molecule has 2 unspecified atom stereocenters. The van der Waals surface area contributed by atoms with Crippen molar-refractivity contribution in [1.29, 1.82) is 0 Å². The fourth-order valence-corrected chi connectivity index (χ4v) is 1.88. The van der Waals surface area contributed by atoms with Crippen LogP contribution in [0.15, 0.2) is 11.8 Å². The molecule has 2 aliphatic rings. The third-order valence-electron chi connectivity index (χ3n) is 2.70. The number of carbonyl (C=O) groups is 1. The maximum absolute atomic E-state index is 11.8. The molecule has 78 valence electrons. The van der Waals surface area contributed by atoms with E-state index in [-0.39, 0.29) is 18.0 Å². The van der Waals surface area contributed by atoms with Crippen molar-refractivity contribution >= 4 is 5.78 Å². The second-order valence-electron chi connectivity index (χ2n) is 3.94. The summed E-state index contributed by atoms with van der Waals surface area (Å²) in [6, 6.07) is 0. The lowest BCUT2D eigenvalue weighted by Gasteiger charge is -2.16. The van der Waals surface area contributed by atoms with Crippen LogP contribution in [0, 0.1) is 0 Å². The van der Waals surface area contributed by atoms with E-state index in [9.17, 15) is 4.79 Å². The highest BCUT2D eigenvalue weighted by Crippen LogP contribution is 2.23. The lowest BCUT2D eigenvalue weighted by atomic mass is 10.1. The highest BCUT2D eigenvalue weighted by atomic mass is 16.5. The largest absolute Gasteiger partial charge is 0.490 e. The average Bonchev–Trinajstić information content (AvgIpc) is 2.65. The quantitative estimate of drug-likeness (QED) is 0.675. The fraction of sp³-hybridized carbons (Fsp3) is 0.727. The van der Waals surface area contributed by atoms with Crippen LogP contribution >= 0.6 is 0 Å². The van der Waals surface area contributed by atoms with E-state index in [0.29, 0.717) is 12.4 Å². The summed E-state index contributed by atoms with van der Waals surface area (Å²) in [6.45, 7) is 2.67. The van der Waals surface area contributed by atoms with Crippen molar-refractivity contribution < 1.29 is 14.3 Å². The summed E-state index contributed by atoms with van der Waals surface area (Å²) in [5.41, 5.74) is 0. The van der Waals surface area contributed by atoms with E-state index in [1.165, 1.54) is 0 Å². The molecule has 2 aliphatic heterocycles. The van der Waals surface area contributed by atoms with E-state index in [2.05, 4.69) is 0 Å². The molecule has 1 fully saturated rings. The molecule has 0 aromatic carbocycles. The number of rotatable bonds is 2. The van der Waals surface area contributed by atoms with Gasteiger partial charge in [-0.2, -0.15) is 0 Å². The molecule has 0 N–H and O–H groups in total. The third kappa shape index (κ3) is 1.98. The molecular weight excluding hydrogens is 180 g/mol. The zero-order valence-corrected chi connectivity index (χ0v) is 8.49. The molecule has 0 saturated carbocycles. The van der Waals surface area contributed by atoms with Crippen LogP contribution in [0.2, 0.25) is 0 Å². The van der Waals surface area contributed by atoms with Crippen molar-refractivity contribution in [2.75, 3.05) is 6.61 Å². The van der Waals surface area contributed by atoms with Crippen LogP contribution < -0.4 is 0 Å². The molecule has 0 aromatic heterocycles. The van der Waals surface area contributed by atoms with E-state index >= 15 is 0 Å². The van der Waals surface area contributed by atoms with Crippen LogP contribution in [0.25, 0.3) is 0 Å². The summed E-state index contributed by atoms with van der Waals surface area (Å²) in [6.07, 6.45) is 5.62. The third-order valence-corrected chi connectivity index (χ3v) is 2.70. The number of hydrogen-bond donors (Lipinski definition) is 0. The van der Waals surface area contributed by atoms with Gasteiger partial charge in [-0.15, -0.1) is 0 Å². The van der Waals surface area contributed by atoms with Crippen LogP contribution in [0.5, 0.6) is 0 Å². The number of allylic oxidation sites excluding steroid dienone is 1. The molecule has 1 saturated heterocycles. The Labute approximate surface area is 84.1 Å². The van der Waals surface area contributed by atoms with E-state index in [1.807, 2.05) is 13.0 Å². The lowest BCUT2D eigenvalue weighted by Crippen LogP contribution is -2.25. The summed E-state index contributed by atoms with van der Waals surface area (Å²) in [5, 5.41) is 0. The monoisotopic (exact) mass is 196 g/mol. The van der Waals surface area contributed by atoms with Gasteiger partial charge in [0, 0.05) is 0 Å². The predicted molar refractivity (Wildman–Crippen MR) is 51.8 cm³/mol. The Balaban J connectivity index is 1.97. The van der Waals surface area contributed by atoms with E-state index in [4.69, 9.17) is 9.47 Å².